The highest BCUT2D eigenvalue weighted by Gasteiger charge is 2.16. The maximum absolute atomic E-state index is 10.8. The lowest BCUT2D eigenvalue weighted by atomic mass is 10.1. The molecule has 102 valence electrons. The van der Waals surface area contributed by atoms with E-state index in [1.807, 2.05) is 31.2 Å². The lowest BCUT2D eigenvalue weighted by Gasteiger charge is -2.06. The van der Waals surface area contributed by atoms with Gasteiger partial charge in [-0.25, -0.2) is 0 Å². The van der Waals surface area contributed by atoms with Gasteiger partial charge in [0.1, 0.15) is 23.7 Å². The minimum absolute atomic E-state index is 0.133. The Kier molecular flexibility index (Phi) is 3.17. The fourth-order valence-electron chi connectivity index (χ4n) is 2.16. The van der Waals surface area contributed by atoms with Crippen molar-refractivity contribution in [3.63, 3.8) is 0 Å². The molecule has 21 heavy (non-hydrogen) atoms. The van der Waals surface area contributed by atoms with Gasteiger partial charge in [0.25, 0.3) is 0 Å². The van der Waals surface area contributed by atoms with Gasteiger partial charge in [-0.05, 0) is 42.8 Å². The number of ether oxygens (including phenoxy) is 1. The summed E-state index contributed by atoms with van der Waals surface area (Å²) in [6.45, 7) is 1.83. The van der Waals surface area contributed by atoms with Crippen LogP contribution < -0.4 is 4.74 Å². The SMILES string of the molecule is Cc1cc(Oc2c(C#N)oc3ccccc23)ccc1C=O. The van der Waals surface area contributed by atoms with Gasteiger partial charge in [-0.1, -0.05) is 12.1 Å². The Morgan fingerprint density at radius 2 is 2.05 bits per heavy atom. The third-order valence-electron chi connectivity index (χ3n) is 3.24. The van der Waals surface area contributed by atoms with Crippen LogP contribution in [0.3, 0.4) is 0 Å². The number of para-hydroxylation sites is 1. The molecular weight excluding hydrogens is 266 g/mol. The van der Waals surface area contributed by atoms with Crippen LogP contribution >= 0.6 is 0 Å². The van der Waals surface area contributed by atoms with Crippen molar-refractivity contribution in [1.29, 1.82) is 5.26 Å². The van der Waals surface area contributed by atoms with Crippen molar-refractivity contribution in [2.75, 3.05) is 0 Å². The molecule has 0 bridgehead atoms. The smallest absolute Gasteiger partial charge is 0.247 e. The average Bonchev–Trinajstić information content (AvgIpc) is 2.86. The number of hydrogen-bond acceptors (Lipinski definition) is 4. The van der Waals surface area contributed by atoms with E-state index in [0.29, 0.717) is 22.6 Å². The predicted octanol–water partition coefficient (Wildman–Crippen LogP) is 4.22. The van der Waals surface area contributed by atoms with E-state index in [2.05, 4.69) is 0 Å². The molecule has 3 rings (SSSR count). The van der Waals surface area contributed by atoms with E-state index >= 15 is 0 Å². The molecule has 0 aliphatic heterocycles. The first-order valence-electron chi connectivity index (χ1n) is 6.38. The minimum Gasteiger partial charge on any atom is -0.452 e. The Morgan fingerprint density at radius 3 is 2.76 bits per heavy atom. The molecule has 0 spiro atoms. The van der Waals surface area contributed by atoms with Crippen molar-refractivity contribution in [3.05, 3.63) is 59.4 Å². The summed E-state index contributed by atoms with van der Waals surface area (Å²) in [5.41, 5.74) is 2.03. The standard InChI is InChI=1S/C17H11NO3/c1-11-8-13(7-6-12(11)10-19)20-17-14-4-2-3-5-15(14)21-16(17)9-18/h2-8,10H,1H3. The van der Waals surface area contributed by atoms with Crippen LogP contribution in [0.1, 0.15) is 21.7 Å². The van der Waals surface area contributed by atoms with E-state index < -0.39 is 0 Å². The van der Waals surface area contributed by atoms with E-state index in [4.69, 9.17) is 14.4 Å². The fraction of sp³-hybridized carbons (Fsp3) is 0.0588. The molecule has 0 fully saturated rings. The summed E-state index contributed by atoms with van der Waals surface area (Å²) >= 11 is 0. The molecule has 0 aliphatic carbocycles. The highest BCUT2D eigenvalue weighted by molar-refractivity contribution is 5.87. The summed E-state index contributed by atoms with van der Waals surface area (Å²) in [5, 5.41) is 9.91. The van der Waals surface area contributed by atoms with Crippen LogP contribution in [0.5, 0.6) is 11.5 Å². The highest BCUT2D eigenvalue weighted by atomic mass is 16.5. The van der Waals surface area contributed by atoms with Gasteiger partial charge >= 0.3 is 0 Å². The van der Waals surface area contributed by atoms with Gasteiger partial charge in [-0.3, -0.25) is 4.79 Å². The van der Waals surface area contributed by atoms with Gasteiger partial charge < -0.3 is 9.15 Å². The molecule has 1 heterocycles. The Morgan fingerprint density at radius 1 is 1.24 bits per heavy atom. The zero-order valence-corrected chi connectivity index (χ0v) is 11.3. The van der Waals surface area contributed by atoms with Crippen molar-refractivity contribution in [1.82, 2.24) is 0 Å². The van der Waals surface area contributed by atoms with Crippen LogP contribution in [0, 0.1) is 18.3 Å². The number of nitriles is 1. The molecule has 3 aromatic rings. The highest BCUT2D eigenvalue weighted by Crippen LogP contribution is 2.36. The van der Waals surface area contributed by atoms with Crippen molar-refractivity contribution in [2.24, 2.45) is 0 Å². The van der Waals surface area contributed by atoms with Crippen LogP contribution in [0.2, 0.25) is 0 Å². The van der Waals surface area contributed by atoms with Crippen molar-refractivity contribution in [3.8, 4) is 17.6 Å². The van der Waals surface area contributed by atoms with Crippen LogP contribution in [-0.4, -0.2) is 6.29 Å². The number of carbonyl (C=O) groups excluding carboxylic acids is 1. The summed E-state index contributed by atoms with van der Waals surface area (Å²) < 4.78 is 11.3. The number of aryl methyl sites for hydroxylation is 1. The Hall–Kier alpha value is -3.06. The summed E-state index contributed by atoms with van der Waals surface area (Å²) in [6.07, 6.45) is 0.799. The van der Waals surface area contributed by atoms with Gasteiger partial charge in [-0.15, -0.1) is 0 Å². The lowest BCUT2D eigenvalue weighted by Crippen LogP contribution is -1.90. The molecule has 0 N–H and O–H groups in total. The van der Waals surface area contributed by atoms with Gasteiger partial charge in [0.2, 0.25) is 5.76 Å². The average molecular weight is 277 g/mol. The normalized spacial score (nSPS) is 10.3. The number of rotatable bonds is 3. The van der Waals surface area contributed by atoms with Crippen LogP contribution in [0.15, 0.2) is 46.9 Å². The number of benzene rings is 2. The van der Waals surface area contributed by atoms with Gasteiger partial charge in [-0.2, -0.15) is 5.26 Å². The molecule has 4 nitrogen and oxygen atoms in total. The summed E-state index contributed by atoms with van der Waals surface area (Å²) in [7, 11) is 0. The van der Waals surface area contributed by atoms with E-state index in [-0.39, 0.29) is 5.76 Å². The minimum atomic E-state index is 0.133. The second kappa shape index (κ2) is 5.14. The van der Waals surface area contributed by atoms with E-state index in [1.165, 1.54) is 0 Å². The molecule has 0 atom stereocenters. The van der Waals surface area contributed by atoms with Gasteiger partial charge in [0, 0.05) is 5.56 Å². The molecule has 2 aromatic carbocycles. The van der Waals surface area contributed by atoms with Crippen molar-refractivity contribution in [2.45, 2.75) is 6.92 Å². The second-order valence-electron chi connectivity index (χ2n) is 4.61. The Bertz CT molecular complexity index is 871. The van der Waals surface area contributed by atoms with E-state index in [9.17, 15) is 4.79 Å². The largest absolute Gasteiger partial charge is 0.452 e. The first-order valence-corrected chi connectivity index (χ1v) is 6.38. The Labute approximate surface area is 121 Å². The molecule has 0 saturated heterocycles. The number of fused-ring (bicyclic) bond motifs is 1. The first kappa shape index (κ1) is 12.9. The molecule has 0 saturated carbocycles. The third kappa shape index (κ3) is 2.26. The molecule has 0 radical (unpaired) electrons. The number of hydrogen-bond donors (Lipinski definition) is 0. The molecule has 0 aliphatic rings. The first-order chi connectivity index (χ1) is 10.2. The monoisotopic (exact) mass is 277 g/mol. The fourth-order valence-corrected chi connectivity index (χ4v) is 2.16. The summed E-state index contributed by atoms with van der Waals surface area (Å²) in [5.74, 6) is 1.08. The van der Waals surface area contributed by atoms with Gasteiger partial charge in [0.05, 0.1) is 5.39 Å². The number of carbonyl (C=O) groups is 1. The molecule has 0 amide bonds. The zero-order chi connectivity index (χ0) is 14.8. The third-order valence-corrected chi connectivity index (χ3v) is 3.24. The summed E-state index contributed by atoms with van der Waals surface area (Å²) in [4.78, 5) is 10.8. The lowest BCUT2D eigenvalue weighted by molar-refractivity contribution is 0.112. The maximum Gasteiger partial charge on any atom is 0.247 e. The van der Waals surface area contributed by atoms with Crippen molar-refractivity contribution < 1.29 is 13.9 Å². The second-order valence-corrected chi connectivity index (χ2v) is 4.61. The molecular formula is C17H11NO3. The maximum atomic E-state index is 10.8. The van der Waals surface area contributed by atoms with E-state index in [0.717, 1.165) is 17.2 Å². The van der Waals surface area contributed by atoms with Crippen LogP contribution in [-0.2, 0) is 0 Å². The van der Waals surface area contributed by atoms with Crippen molar-refractivity contribution >= 4 is 17.3 Å². The molecule has 4 heteroatoms. The number of furan rings is 1. The van der Waals surface area contributed by atoms with Gasteiger partial charge in [0.15, 0.2) is 5.75 Å². The van der Waals surface area contributed by atoms with Crippen LogP contribution in [0.25, 0.3) is 11.0 Å². The zero-order valence-electron chi connectivity index (χ0n) is 11.3. The quantitative estimate of drug-likeness (QED) is 0.672. The number of nitrogens with zero attached hydrogens (tertiary/aromatic N) is 1. The van der Waals surface area contributed by atoms with Crippen LogP contribution in [0.4, 0.5) is 0 Å². The van der Waals surface area contributed by atoms with E-state index in [1.54, 1.807) is 24.3 Å². The molecule has 1 aromatic heterocycles. The Balaban J connectivity index is 2.07. The molecule has 0 unspecified atom stereocenters. The topological polar surface area (TPSA) is 63.2 Å². The predicted molar refractivity (Wildman–Crippen MR) is 77.6 cm³/mol. The number of aldehydes is 1. The summed E-state index contributed by atoms with van der Waals surface area (Å²) in [6, 6.07) is 14.4.